The van der Waals surface area contributed by atoms with E-state index in [2.05, 4.69) is 10.0 Å². The number of halogens is 1. The molecule has 0 spiro atoms. The minimum Gasteiger partial charge on any atom is -0.460 e. The highest BCUT2D eigenvalue weighted by molar-refractivity contribution is 7.89. The largest absolute Gasteiger partial charge is 0.460 e. The lowest BCUT2D eigenvalue weighted by Gasteiger charge is -2.07. The van der Waals surface area contributed by atoms with E-state index in [1.165, 1.54) is 19.2 Å². The summed E-state index contributed by atoms with van der Waals surface area (Å²) in [6.45, 7) is 2.83. The van der Waals surface area contributed by atoms with Gasteiger partial charge in [0.05, 0.1) is 11.4 Å². The molecule has 0 aliphatic rings. The molecule has 1 heterocycles. The second-order valence-corrected chi connectivity index (χ2v) is 8.07. The Hall–Kier alpha value is -2.48. The smallest absolute Gasteiger partial charge is 0.240 e. The van der Waals surface area contributed by atoms with Gasteiger partial charge < -0.3 is 9.73 Å². The van der Waals surface area contributed by atoms with E-state index in [1.54, 1.807) is 24.3 Å². The molecular weight excluding hydrogens is 367 g/mol. The van der Waals surface area contributed by atoms with Crippen LogP contribution < -0.4 is 10.0 Å². The Bertz CT molecular complexity index is 1040. The predicted molar refractivity (Wildman–Crippen MR) is 102 cm³/mol. The minimum absolute atomic E-state index is 0.233. The quantitative estimate of drug-likeness (QED) is 0.649. The summed E-state index contributed by atoms with van der Waals surface area (Å²) in [6.07, 6.45) is 0. The van der Waals surface area contributed by atoms with Crippen LogP contribution in [0.5, 0.6) is 0 Å². The number of nitrogens with one attached hydrogen (secondary N) is 2. The molecule has 0 radical (unpaired) electrons. The lowest BCUT2D eigenvalue weighted by atomic mass is 10.1. The van der Waals surface area contributed by atoms with Gasteiger partial charge in [-0.2, -0.15) is 0 Å². The van der Waals surface area contributed by atoms with Gasteiger partial charge in [0, 0.05) is 12.1 Å². The van der Waals surface area contributed by atoms with Crippen molar-refractivity contribution in [2.75, 3.05) is 7.05 Å². The van der Waals surface area contributed by atoms with Crippen LogP contribution in [0.1, 0.15) is 16.9 Å². The average molecular weight is 388 g/mol. The Labute approximate surface area is 158 Å². The molecule has 2 aromatic carbocycles. The summed E-state index contributed by atoms with van der Waals surface area (Å²) in [5.74, 6) is 1.16. The Balaban J connectivity index is 1.64. The SMILES string of the molecule is CNS(=O)(=O)c1cccc(CNCc2ccc(-c3ccc(F)cc3C)o2)c1. The van der Waals surface area contributed by atoms with Gasteiger partial charge in [-0.3, -0.25) is 0 Å². The third-order valence-corrected chi connectivity index (χ3v) is 5.63. The summed E-state index contributed by atoms with van der Waals surface area (Å²) in [7, 11) is -2.07. The summed E-state index contributed by atoms with van der Waals surface area (Å²) in [5.41, 5.74) is 2.52. The maximum Gasteiger partial charge on any atom is 0.240 e. The van der Waals surface area contributed by atoms with Crippen molar-refractivity contribution in [1.29, 1.82) is 0 Å². The highest BCUT2D eigenvalue weighted by atomic mass is 32.2. The number of sulfonamides is 1. The van der Waals surface area contributed by atoms with Gasteiger partial charge in [-0.25, -0.2) is 17.5 Å². The first-order valence-corrected chi connectivity index (χ1v) is 9.96. The number of hydrogen-bond acceptors (Lipinski definition) is 4. The number of hydrogen-bond donors (Lipinski definition) is 2. The second-order valence-electron chi connectivity index (χ2n) is 6.18. The molecule has 0 bridgehead atoms. The van der Waals surface area contributed by atoms with Gasteiger partial charge >= 0.3 is 0 Å². The van der Waals surface area contributed by atoms with Crippen LogP contribution >= 0.6 is 0 Å². The molecule has 5 nitrogen and oxygen atoms in total. The molecule has 2 N–H and O–H groups in total. The zero-order valence-electron chi connectivity index (χ0n) is 15.1. The van der Waals surface area contributed by atoms with Gasteiger partial charge in [-0.05, 0) is 67.6 Å². The second kappa shape index (κ2) is 8.04. The van der Waals surface area contributed by atoms with Crippen LogP contribution in [0.4, 0.5) is 4.39 Å². The maximum absolute atomic E-state index is 13.2. The van der Waals surface area contributed by atoms with Crippen molar-refractivity contribution >= 4 is 10.0 Å². The number of benzene rings is 2. The molecule has 0 saturated carbocycles. The zero-order valence-corrected chi connectivity index (χ0v) is 15.9. The summed E-state index contributed by atoms with van der Waals surface area (Å²) >= 11 is 0. The molecular formula is C20H21FN2O3S. The minimum atomic E-state index is -3.46. The Morgan fingerprint density at radius 1 is 1.04 bits per heavy atom. The lowest BCUT2D eigenvalue weighted by molar-refractivity contribution is 0.493. The molecule has 3 aromatic rings. The van der Waals surface area contributed by atoms with Gasteiger partial charge in [0.25, 0.3) is 0 Å². The highest BCUT2D eigenvalue weighted by Crippen LogP contribution is 2.26. The fraction of sp³-hybridized carbons (Fsp3) is 0.200. The highest BCUT2D eigenvalue weighted by Gasteiger charge is 2.11. The van der Waals surface area contributed by atoms with Crippen molar-refractivity contribution in [3.8, 4) is 11.3 Å². The average Bonchev–Trinajstić information content (AvgIpc) is 3.10. The molecule has 0 atom stereocenters. The van der Waals surface area contributed by atoms with E-state index in [0.29, 0.717) is 18.8 Å². The van der Waals surface area contributed by atoms with Gasteiger partial charge in [0.1, 0.15) is 17.3 Å². The number of aryl methyl sites for hydroxylation is 1. The fourth-order valence-corrected chi connectivity index (χ4v) is 3.59. The van der Waals surface area contributed by atoms with Gasteiger partial charge in [-0.15, -0.1) is 0 Å². The third-order valence-electron chi connectivity index (χ3n) is 4.22. The molecule has 0 aliphatic carbocycles. The van der Waals surface area contributed by atoms with Crippen molar-refractivity contribution in [2.24, 2.45) is 0 Å². The van der Waals surface area contributed by atoms with E-state index >= 15 is 0 Å². The van der Waals surface area contributed by atoms with Crippen LogP contribution in [0.2, 0.25) is 0 Å². The van der Waals surface area contributed by atoms with E-state index in [0.717, 1.165) is 22.5 Å². The number of rotatable bonds is 7. The third kappa shape index (κ3) is 4.63. The Kier molecular flexibility index (Phi) is 5.74. The molecule has 0 fully saturated rings. The lowest BCUT2D eigenvalue weighted by Crippen LogP contribution is -2.19. The van der Waals surface area contributed by atoms with Crippen LogP contribution in [0.25, 0.3) is 11.3 Å². The van der Waals surface area contributed by atoms with Crippen LogP contribution in [0.3, 0.4) is 0 Å². The molecule has 0 amide bonds. The van der Waals surface area contributed by atoms with Crippen LogP contribution in [-0.2, 0) is 23.1 Å². The summed E-state index contributed by atoms with van der Waals surface area (Å²) < 4.78 is 45.1. The van der Waals surface area contributed by atoms with Crippen LogP contribution in [0, 0.1) is 12.7 Å². The van der Waals surface area contributed by atoms with Gasteiger partial charge in [-0.1, -0.05) is 12.1 Å². The maximum atomic E-state index is 13.2. The molecule has 142 valence electrons. The van der Waals surface area contributed by atoms with Crippen molar-refractivity contribution in [3.05, 3.63) is 77.3 Å². The Morgan fingerprint density at radius 2 is 1.85 bits per heavy atom. The number of furan rings is 1. The predicted octanol–water partition coefficient (Wildman–Crippen LogP) is 3.59. The molecule has 3 rings (SSSR count). The van der Waals surface area contributed by atoms with E-state index in [4.69, 9.17) is 4.42 Å². The molecule has 27 heavy (non-hydrogen) atoms. The summed E-state index contributed by atoms with van der Waals surface area (Å²) in [4.78, 5) is 0.233. The van der Waals surface area contributed by atoms with Crippen molar-refractivity contribution < 1.29 is 17.2 Å². The first-order valence-electron chi connectivity index (χ1n) is 8.47. The standard InChI is InChI=1S/C20H21FN2O3S/c1-14-10-16(21)6-8-19(14)20-9-7-17(26-20)13-23-12-15-4-3-5-18(11-15)27(24,25)22-2/h3-11,22-23H,12-13H2,1-2H3. The zero-order chi connectivity index (χ0) is 19.4. The van der Waals surface area contributed by atoms with Crippen molar-refractivity contribution in [3.63, 3.8) is 0 Å². The molecule has 0 unspecified atom stereocenters. The first-order chi connectivity index (χ1) is 12.9. The topological polar surface area (TPSA) is 71.3 Å². The molecule has 0 saturated heterocycles. The van der Waals surface area contributed by atoms with Crippen molar-refractivity contribution in [1.82, 2.24) is 10.0 Å². The van der Waals surface area contributed by atoms with E-state index in [1.807, 2.05) is 25.1 Å². The van der Waals surface area contributed by atoms with Crippen molar-refractivity contribution in [2.45, 2.75) is 24.9 Å². The van der Waals surface area contributed by atoms with E-state index in [-0.39, 0.29) is 10.7 Å². The summed E-state index contributed by atoms with van der Waals surface area (Å²) in [5, 5.41) is 3.23. The molecule has 0 aliphatic heterocycles. The van der Waals surface area contributed by atoms with Crippen LogP contribution in [0.15, 0.2) is 63.9 Å². The normalized spacial score (nSPS) is 11.7. The molecule has 1 aromatic heterocycles. The van der Waals surface area contributed by atoms with Gasteiger partial charge in [0.2, 0.25) is 10.0 Å². The van der Waals surface area contributed by atoms with Crippen LogP contribution in [-0.4, -0.2) is 15.5 Å². The summed E-state index contributed by atoms with van der Waals surface area (Å²) in [6, 6.07) is 15.1. The monoisotopic (exact) mass is 388 g/mol. The van der Waals surface area contributed by atoms with Gasteiger partial charge in [0.15, 0.2) is 0 Å². The molecule has 7 heteroatoms. The Morgan fingerprint density at radius 3 is 2.59 bits per heavy atom. The fourth-order valence-electron chi connectivity index (χ4n) is 2.79. The first kappa shape index (κ1) is 19.3. The van der Waals surface area contributed by atoms with E-state index < -0.39 is 10.0 Å². The van der Waals surface area contributed by atoms with E-state index in [9.17, 15) is 12.8 Å².